The van der Waals surface area contributed by atoms with E-state index in [2.05, 4.69) is 5.32 Å². The first-order valence-electron chi connectivity index (χ1n) is 4.51. The molecular weight excluding hydrogens is 180 g/mol. The minimum atomic E-state index is -0.0128. The van der Waals surface area contributed by atoms with Crippen molar-refractivity contribution in [3.05, 3.63) is 18.2 Å². The highest BCUT2D eigenvalue weighted by molar-refractivity contribution is 5.97. The van der Waals surface area contributed by atoms with Crippen LogP contribution < -0.4 is 10.2 Å². The van der Waals surface area contributed by atoms with E-state index in [9.17, 15) is 9.90 Å². The summed E-state index contributed by atoms with van der Waals surface area (Å²) in [5, 5.41) is 12.4. The van der Waals surface area contributed by atoms with E-state index < -0.39 is 0 Å². The van der Waals surface area contributed by atoms with Gasteiger partial charge < -0.3 is 15.3 Å². The Balaban J connectivity index is 2.52. The zero-order valence-electron chi connectivity index (χ0n) is 7.95. The van der Waals surface area contributed by atoms with E-state index in [4.69, 9.17) is 0 Å². The van der Waals surface area contributed by atoms with E-state index in [1.54, 1.807) is 18.2 Å². The van der Waals surface area contributed by atoms with Crippen LogP contribution in [0.1, 0.15) is 6.42 Å². The van der Waals surface area contributed by atoms with Crippen molar-refractivity contribution in [3.63, 3.8) is 0 Å². The monoisotopic (exact) mass is 192 g/mol. The smallest absolute Gasteiger partial charge is 0.226 e. The SMILES string of the molecule is CN1CCC(=O)Nc2cccc(O)c21. The van der Waals surface area contributed by atoms with Gasteiger partial charge in [-0.05, 0) is 12.1 Å². The number of nitrogens with one attached hydrogen (secondary N) is 1. The second-order valence-corrected chi connectivity index (χ2v) is 3.39. The Morgan fingerprint density at radius 1 is 1.50 bits per heavy atom. The van der Waals surface area contributed by atoms with Crippen LogP contribution >= 0.6 is 0 Å². The molecule has 0 spiro atoms. The molecule has 1 aliphatic rings. The molecule has 0 radical (unpaired) electrons. The summed E-state index contributed by atoms with van der Waals surface area (Å²) in [6, 6.07) is 5.12. The van der Waals surface area contributed by atoms with Crippen LogP contribution in [0.25, 0.3) is 0 Å². The number of phenolic OH excluding ortho intramolecular Hbond substituents is 1. The van der Waals surface area contributed by atoms with E-state index >= 15 is 0 Å². The average Bonchev–Trinajstić information content (AvgIpc) is 2.27. The summed E-state index contributed by atoms with van der Waals surface area (Å²) < 4.78 is 0. The summed E-state index contributed by atoms with van der Waals surface area (Å²) in [4.78, 5) is 13.2. The number of aromatic hydroxyl groups is 1. The van der Waals surface area contributed by atoms with Gasteiger partial charge in [-0.25, -0.2) is 0 Å². The quantitative estimate of drug-likeness (QED) is 0.648. The molecular formula is C10H12N2O2. The molecule has 0 aromatic heterocycles. The third-order valence-electron chi connectivity index (χ3n) is 2.34. The Hall–Kier alpha value is -1.71. The zero-order valence-corrected chi connectivity index (χ0v) is 7.95. The van der Waals surface area contributed by atoms with Crippen molar-refractivity contribution in [2.24, 2.45) is 0 Å². The van der Waals surface area contributed by atoms with Crippen LogP contribution in [-0.4, -0.2) is 24.6 Å². The predicted octanol–water partition coefficient (Wildman–Crippen LogP) is 1.17. The van der Waals surface area contributed by atoms with Crippen molar-refractivity contribution in [2.45, 2.75) is 6.42 Å². The fourth-order valence-electron chi connectivity index (χ4n) is 1.63. The third-order valence-corrected chi connectivity index (χ3v) is 2.34. The van der Waals surface area contributed by atoms with Gasteiger partial charge in [0.15, 0.2) is 0 Å². The molecule has 1 aromatic rings. The van der Waals surface area contributed by atoms with Crippen molar-refractivity contribution in [1.82, 2.24) is 0 Å². The second-order valence-electron chi connectivity index (χ2n) is 3.39. The first-order chi connectivity index (χ1) is 6.68. The first kappa shape index (κ1) is 8.87. The third kappa shape index (κ3) is 1.39. The molecule has 2 rings (SSSR count). The second kappa shape index (κ2) is 3.21. The van der Waals surface area contributed by atoms with Crippen molar-refractivity contribution in [3.8, 4) is 5.75 Å². The van der Waals surface area contributed by atoms with E-state index in [0.29, 0.717) is 24.3 Å². The number of benzene rings is 1. The molecule has 0 saturated carbocycles. The summed E-state index contributed by atoms with van der Waals surface area (Å²) in [7, 11) is 1.86. The van der Waals surface area contributed by atoms with Crippen molar-refractivity contribution >= 4 is 17.3 Å². The van der Waals surface area contributed by atoms with E-state index in [-0.39, 0.29) is 11.7 Å². The van der Waals surface area contributed by atoms with E-state index in [1.165, 1.54) is 0 Å². The van der Waals surface area contributed by atoms with Crippen molar-refractivity contribution in [2.75, 3.05) is 23.8 Å². The fourth-order valence-corrected chi connectivity index (χ4v) is 1.63. The number of rotatable bonds is 0. The summed E-state index contributed by atoms with van der Waals surface area (Å²) in [5.74, 6) is 0.188. The minimum Gasteiger partial charge on any atom is -0.506 e. The van der Waals surface area contributed by atoms with E-state index in [1.807, 2.05) is 11.9 Å². The lowest BCUT2D eigenvalue weighted by molar-refractivity contribution is -0.115. The number of hydrogen-bond acceptors (Lipinski definition) is 3. The molecule has 4 nitrogen and oxygen atoms in total. The topological polar surface area (TPSA) is 52.6 Å². The molecule has 4 heteroatoms. The zero-order chi connectivity index (χ0) is 10.1. The van der Waals surface area contributed by atoms with Crippen LogP contribution in [0.5, 0.6) is 5.75 Å². The summed E-state index contributed by atoms with van der Waals surface area (Å²) in [6.07, 6.45) is 0.449. The molecule has 1 aromatic carbocycles. The number of hydrogen-bond donors (Lipinski definition) is 2. The number of para-hydroxylation sites is 1. The van der Waals surface area contributed by atoms with Gasteiger partial charge in [-0.15, -0.1) is 0 Å². The molecule has 74 valence electrons. The highest BCUT2D eigenvalue weighted by Crippen LogP contribution is 2.35. The lowest BCUT2D eigenvalue weighted by atomic mass is 10.2. The van der Waals surface area contributed by atoms with Gasteiger partial charge in [0.05, 0.1) is 5.69 Å². The normalized spacial score (nSPS) is 15.8. The minimum absolute atomic E-state index is 0.0128. The Kier molecular flexibility index (Phi) is 2.04. The number of amides is 1. The van der Waals surface area contributed by atoms with Gasteiger partial charge in [-0.2, -0.15) is 0 Å². The maximum absolute atomic E-state index is 11.3. The number of phenols is 1. The number of nitrogens with zero attached hydrogens (tertiary/aromatic N) is 1. The largest absolute Gasteiger partial charge is 0.506 e. The maximum atomic E-state index is 11.3. The molecule has 1 amide bonds. The first-order valence-corrected chi connectivity index (χ1v) is 4.51. The molecule has 2 N–H and O–H groups in total. The van der Waals surface area contributed by atoms with Crippen LogP contribution in [-0.2, 0) is 4.79 Å². The standard InChI is InChI=1S/C10H12N2O2/c1-12-6-5-9(14)11-7-3-2-4-8(13)10(7)12/h2-4,13H,5-6H2,1H3,(H,11,14). The molecule has 0 atom stereocenters. The van der Waals surface area contributed by atoms with E-state index in [0.717, 1.165) is 0 Å². The van der Waals surface area contributed by atoms with Crippen LogP contribution in [0.4, 0.5) is 11.4 Å². The van der Waals surface area contributed by atoms with Crippen LogP contribution in [0.2, 0.25) is 0 Å². The summed E-state index contributed by atoms with van der Waals surface area (Å²) in [5.41, 5.74) is 1.37. The Labute approximate surface area is 82.2 Å². The van der Waals surface area contributed by atoms with Crippen molar-refractivity contribution < 1.29 is 9.90 Å². The molecule has 0 saturated heterocycles. The van der Waals surface area contributed by atoms with Gasteiger partial charge in [0.1, 0.15) is 11.4 Å². The highest BCUT2D eigenvalue weighted by Gasteiger charge is 2.18. The molecule has 1 heterocycles. The fraction of sp³-hybridized carbons (Fsp3) is 0.300. The highest BCUT2D eigenvalue weighted by atomic mass is 16.3. The Morgan fingerprint density at radius 3 is 3.07 bits per heavy atom. The molecule has 0 aliphatic carbocycles. The molecule has 0 bridgehead atoms. The summed E-state index contributed by atoms with van der Waals surface area (Å²) in [6.45, 7) is 0.621. The lowest BCUT2D eigenvalue weighted by Crippen LogP contribution is -2.18. The van der Waals surface area contributed by atoms with Gasteiger partial charge in [0.2, 0.25) is 5.91 Å². The molecule has 1 aliphatic heterocycles. The number of anilines is 2. The lowest BCUT2D eigenvalue weighted by Gasteiger charge is -2.19. The Morgan fingerprint density at radius 2 is 2.29 bits per heavy atom. The van der Waals surface area contributed by atoms with Crippen LogP contribution in [0.3, 0.4) is 0 Å². The van der Waals surface area contributed by atoms with Crippen LogP contribution in [0, 0.1) is 0 Å². The molecule has 0 unspecified atom stereocenters. The van der Waals surface area contributed by atoms with Gasteiger partial charge in [0, 0.05) is 20.0 Å². The van der Waals surface area contributed by atoms with Gasteiger partial charge in [0.25, 0.3) is 0 Å². The number of carbonyl (C=O) groups is 1. The molecule has 0 fully saturated rings. The summed E-state index contributed by atoms with van der Waals surface area (Å²) >= 11 is 0. The molecule has 14 heavy (non-hydrogen) atoms. The predicted molar refractivity (Wildman–Crippen MR) is 54.6 cm³/mol. The van der Waals surface area contributed by atoms with Crippen molar-refractivity contribution in [1.29, 1.82) is 0 Å². The number of carbonyl (C=O) groups excluding carboxylic acids is 1. The van der Waals surface area contributed by atoms with Crippen LogP contribution in [0.15, 0.2) is 18.2 Å². The Bertz CT molecular complexity index is 376. The van der Waals surface area contributed by atoms with Gasteiger partial charge in [-0.1, -0.05) is 6.07 Å². The number of fused-ring (bicyclic) bond motifs is 1. The van der Waals surface area contributed by atoms with Gasteiger partial charge in [-0.3, -0.25) is 4.79 Å². The average molecular weight is 192 g/mol. The maximum Gasteiger partial charge on any atom is 0.226 e. The van der Waals surface area contributed by atoms with Gasteiger partial charge >= 0.3 is 0 Å².